The van der Waals surface area contributed by atoms with Crippen molar-refractivity contribution in [1.29, 1.82) is 0 Å². The summed E-state index contributed by atoms with van der Waals surface area (Å²) in [5, 5.41) is 2.51. The molecule has 0 aliphatic rings. The van der Waals surface area contributed by atoms with Gasteiger partial charge < -0.3 is 14.6 Å². The fourth-order valence-corrected chi connectivity index (χ4v) is 3.21. The first-order valence-corrected chi connectivity index (χ1v) is 8.89. The highest BCUT2D eigenvalue weighted by molar-refractivity contribution is 6.05. The minimum Gasteiger partial charge on any atom is -0.406 e. The molecule has 0 saturated carbocycles. The summed E-state index contributed by atoms with van der Waals surface area (Å²) >= 11 is 0. The monoisotopic (exact) mass is 442 g/mol. The van der Waals surface area contributed by atoms with Gasteiger partial charge in [0, 0.05) is 17.1 Å². The third kappa shape index (κ3) is 5.01. The van der Waals surface area contributed by atoms with Crippen LogP contribution in [-0.2, 0) is 6.18 Å². The first kappa shape index (κ1) is 22.3. The Labute approximate surface area is 173 Å². The molecule has 1 N–H and O–H groups in total. The molecule has 0 aliphatic carbocycles. The van der Waals surface area contributed by atoms with Gasteiger partial charge in [0.15, 0.2) is 0 Å². The lowest BCUT2D eigenvalue weighted by Gasteiger charge is -2.17. The molecular weight excluding hydrogens is 426 g/mol. The van der Waals surface area contributed by atoms with Gasteiger partial charge in [0.1, 0.15) is 5.75 Å². The van der Waals surface area contributed by atoms with E-state index in [1.807, 2.05) is 0 Å². The number of carbonyl (C=O) groups is 1. The number of amides is 1. The molecule has 3 rings (SSSR count). The van der Waals surface area contributed by atoms with Crippen LogP contribution < -0.4 is 10.1 Å². The van der Waals surface area contributed by atoms with Crippen molar-refractivity contribution in [2.45, 2.75) is 26.4 Å². The highest BCUT2D eigenvalue weighted by atomic mass is 19.4. The molecule has 1 amide bonds. The molecule has 3 aromatic rings. The van der Waals surface area contributed by atoms with E-state index in [1.165, 1.54) is 47.9 Å². The van der Waals surface area contributed by atoms with Gasteiger partial charge in [-0.05, 0) is 56.3 Å². The van der Waals surface area contributed by atoms with E-state index < -0.39 is 29.8 Å². The Morgan fingerprint density at radius 3 is 2.13 bits per heavy atom. The Balaban J connectivity index is 1.89. The summed E-state index contributed by atoms with van der Waals surface area (Å²) in [6, 6.07) is 11.0. The number of halogens is 6. The number of alkyl halides is 6. The summed E-state index contributed by atoms with van der Waals surface area (Å²) < 4.78 is 82.0. The molecule has 31 heavy (non-hydrogen) atoms. The number of anilines is 1. The number of benzene rings is 2. The first-order chi connectivity index (χ1) is 14.4. The molecule has 1 heterocycles. The van der Waals surface area contributed by atoms with Crippen LogP contribution in [0.3, 0.4) is 0 Å². The van der Waals surface area contributed by atoms with E-state index >= 15 is 0 Å². The topological polar surface area (TPSA) is 43.3 Å². The van der Waals surface area contributed by atoms with E-state index in [0.717, 1.165) is 18.2 Å². The average molecular weight is 442 g/mol. The van der Waals surface area contributed by atoms with Crippen LogP contribution in [-0.4, -0.2) is 16.8 Å². The van der Waals surface area contributed by atoms with Crippen molar-refractivity contribution in [1.82, 2.24) is 4.57 Å². The molecule has 1 aromatic heterocycles. The van der Waals surface area contributed by atoms with Gasteiger partial charge in [-0.25, -0.2) is 0 Å². The third-order valence-corrected chi connectivity index (χ3v) is 4.47. The summed E-state index contributed by atoms with van der Waals surface area (Å²) in [5.74, 6) is -1.07. The van der Waals surface area contributed by atoms with Crippen molar-refractivity contribution in [3.63, 3.8) is 0 Å². The van der Waals surface area contributed by atoms with Crippen LogP contribution >= 0.6 is 0 Å². The lowest BCUT2D eigenvalue weighted by molar-refractivity contribution is -0.274. The Bertz CT molecular complexity index is 1100. The van der Waals surface area contributed by atoms with Crippen LogP contribution in [0.4, 0.5) is 32.0 Å². The Morgan fingerprint density at radius 2 is 1.55 bits per heavy atom. The Hall–Kier alpha value is -3.43. The normalized spacial score (nSPS) is 12.0. The molecular formula is C21H16F6N2O2. The standard InChI is InChI=1S/C21H16F6N2O2/c1-12-11-16(13(2)29(12)18-6-4-3-5-17(18)20(22,23)24)19(30)28-14-7-9-15(10-8-14)31-21(25,26)27/h3-11H,1-2H3,(H,28,30). The van der Waals surface area contributed by atoms with Crippen molar-refractivity contribution in [2.24, 2.45) is 0 Å². The summed E-state index contributed by atoms with van der Waals surface area (Å²) in [4.78, 5) is 12.7. The van der Waals surface area contributed by atoms with E-state index in [1.54, 1.807) is 6.92 Å². The summed E-state index contributed by atoms with van der Waals surface area (Å²) in [6.45, 7) is 3.08. The van der Waals surface area contributed by atoms with Gasteiger partial charge in [0.25, 0.3) is 5.91 Å². The van der Waals surface area contributed by atoms with Gasteiger partial charge in [-0.15, -0.1) is 13.2 Å². The van der Waals surface area contributed by atoms with Crippen LogP contribution in [0.5, 0.6) is 5.75 Å². The number of rotatable bonds is 4. The minimum atomic E-state index is -4.84. The minimum absolute atomic E-state index is 0.113. The van der Waals surface area contributed by atoms with Crippen LogP contribution in [0.15, 0.2) is 54.6 Å². The quantitative estimate of drug-likeness (QED) is 0.485. The molecule has 0 saturated heterocycles. The van der Waals surface area contributed by atoms with Crippen LogP contribution in [0, 0.1) is 13.8 Å². The van der Waals surface area contributed by atoms with Crippen molar-refractivity contribution in [3.05, 3.63) is 77.1 Å². The Kier molecular flexibility index (Phi) is 5.75. The van der Waals surface area contributed by atoms with Crippen LogP contribution in [0.2, 0.25) is 0 Å². The number of carbonyl (C=O) groups excluding carboxylic acids is 1. The molecule has 0 atom stereocenters. The van der Waals surface area contributed by atoms with Crippen molar-refractivity contribution in [2.75, 3.05) is 5.32 Å². The number of hydrogen-bond acceptors (Lipinski definition) is 2. The lowest BCUT2D eigenvalue weighted by Crippen LogP contribution is -2.17. The van der Waals surface area contributed by atoms with E-state index in [2.05, 4.69) is 10.1 Å². The van der Waals surface area contributed by atoms with Crippen LogP contribution in [0.1, 0.15) is 27.3 Å². The van der Waals surface area contributed by atoms with Crippen LogP contribution in [0.25, 0.3) is 5.69 Å². The van der Waals surface area contributed by atoms with Gasteiger partial charge in [-0.3, -0.25) is 4.79 Å². The maximum absolute atomic E-state index is 13.4. The zero-order valence-electron chi connectivity index (χ0n) is 16.2. The molecule has 0 aliphatic heterocycles. The number of ether oxygens (including phenoxy) is 1. The number of para-hydroxylation sites is 1. The molecule has 0 unspecified atom stereocenters. The predicted octanol–water partition coefficient (Wildman–Crippen LogP) is 6.26. The third-order valence-electron chi connectivity index (χ3n) is 4.47. The summed E-state index contributed by atoms with van der Waals surface area (Å²) in [5.41, 5.74) is 0.0591. The highest BCUT2D eigenvalue weighted by Crippen LogP contribution is 2.35. The largest absolute Gasteiger partial charge is 0.573 e. The Morgan fingerprint density at radius 1 is 0.935 bits per heavy atom. The molecule has 0 radical (unpaired) electrons. The second-order valence-electron chi connectivity index (χ2n) is 6.66. The fraction of sp³-hybridized carbons (Fsp3) is 0.190. The number of hydrogen-bond donors (Lipinski definition) is 1. The zero-order valence-corrected chi connectivity index (χ0v) is 16.2. The molecule has 164 valence electrons. The lowest BCUT2D eigenvalue weighted by atomic mass is 10.1. The summed E-state index contributed by atoms with van der Waals surface area (Å²) in [6.07, 6.45) is -9.42. The molecule has 0 fully saturated rings. The second kappa shape index (κ2) is 8.01. The average Bonchev–Trinajstić information content (AvgIpc) is 2.96. The number of aromatic nitrogens is 1. The maximum atomic E-state index is 13.4. The molecule has 4 nitrogen and oxygen atoms in total. The molecule has 2 aromatic carbocycles. The van der Waals surface area contributed by atoms with E-state index in [9.17, 15) is 31.1 Å². The number of nitrogens with one attached hydrogen (secondary N) is 1. The summed E-state index contributed by atoms with van der Waals surface area (Å²) in [7, 11) is 0. The SMILES string of the molecule is Cc1cc(C(=O)Nc2ccc(OC(F)(F)F)cc2)c(C)n1-c1ccccc1C(F)(F)F. The highest BCUT2D eigenvalue weighted by Gasteiger charge is 2.34. The predicted molar refractivity (Wildman–Crippen MR) is 101 cm³/mol. The van der Waals surface area contributed by atoms with E-state index in [0.29, 0.717) is 5.69 Å². The molecule has 0 spiro atoms. The smallest absolute Gasteiger partial charge is 0.406 e. The van der Waals surface area contributed by atoms with Crippen molar-refractivity contribution >= 4 is 11.6 Å². The van der Waals surface area contributed by atoms with Gasteiger partial charge in [-0.2, -0.15) is 13.2 Å². The van der Waals surface area contributed by atoms with Crippen molar-refractivity contribution in [3.8, 4) is 11.4 Å². The van der Waals surface area contributed by atoms with Gasteiger partial charge in [-0.1, -0.05) is 12.1 Å². The zero-order chi connectivity index (χ0) is 23.0. The van der Waals surface area contributed by atoms with Gasteiger partial charge in [0.2, 0.25) is 0 Å². The van der Waals surface area contributed by atoms with Crippen molar-refractivity contribution < 1.29 is 35.9 Å². The van der Waals surface area contributed by atoms with E-state index in [-0.39, 0.29) is 22.6 Å². The van der Waals surface area contributed by atoms with Gasteiger partial charge >= 0.3 is 12.5 Å². The molecule has 0 bridgehead atoms. The second-order valence-corrected chi connectivity index (χ2v) is 6.66. The first-order valence-electron chi connectivity index (χ1n) is 8.89. The van der Waals surface area contributed by atoms with Gasteiger partial charge in [0.05, 0.1) is 16.8 Å². The van der Waals surface area contributed by atoms with E-state index in [4.69, 9.17) is 0 Å². The number of nitrogens with zero attached hydrogens (tertiary/aromatic N) is 1. The molecule has 10 heteroatoms. The number of aryl methyl sites for hydroxylation is 1. The fourth-order valence-electron chi connectivity index (χ4n) is 3.21. The maximum Gasteiger partial charge on any atom is 0.573 e.